The third kappa shape index (κ3) is 2.27. The van der Waals surface area contributed by atoms with Gasteiger partial charge in [-0.05, 0) is 6.42 Å². The van der Waals surface area contributed by atoms with Crippen molar-refractivity contribution in [3.63, 3.8) is 0 Å². The number of carbonyl (C=O) groups excluding carboxylic acids is 1. The predicted octanol–water partition coefficient (Wildman–Crippen LogP) is 1.18. The van der Waals surface area contributed by atoms with Gasteiger partial charge in [0.1, 0.15) is 5.92 Å². The summed E-state index contributed by atoms with van der Waals surface area (Å²) in [7, 11) is 0. The quantitative estimate of drug-likeness (QED) is 0.774. The van der Waals surface area contributed by atoms with Gasteiger partial charge in [0.25, 0.3) is 5.92 Å². The van der Waals surface area contributed by atoms with E-state index in [4.69, 9.17) is 4.74 Å². The minimum absolute atomic E-state index is 0.0835. The van der Waals surface area contributed by atoms with E-state index < -0.39 is 17.7 Å². The van der Waals surface area contributed by atoms with Crippen molar-refractivity contribution in [2.75, 3.05) is 19.8 Å². The molecule has 1 saturated carbocycles. The summed E-state index contributed by atoms with van der Waals surface area (Å²) >= 11 is 0. The molecule has 1 saturated heterocycles. The van der Waals surface area contributed by atoms with Gasteiger partial charge >= 0.3 is 0 Å². The maximum absolute atomic E-state index is 12.6. The van der Waals surface area contributed by atoms with E-state index in [9.17, 15) is 13.6 Å². The largest absolute Gasteiger partial charge is 0.381 e. The van der Waals surface area contributed by atoms with Crippen LogP contribution in [0.2, 0.25) is 0 Å². The van der Waals surface area contributed by atoms with Crippen molar-refractivity contribution in [3.8, 4) is 0 Å². The van der Waals surface area contributed by atoms with Crippen LogP contribution in [0.25, 0.3) is 0 Å². The zero-order chi connectivity index (χ0) is 11.1. The van der Waals surface area contributed by atoms with Crippen LogP contribution in [0.15, 0.2) is 0 Å². The van der Waals surface area contributed by atoms with Crippen molar-refractivity contribution in [1.82, 2.24) is 5.32 Å². The van der Waals surface area contributed by atoms with Gasteiger partial charge in [0.05, 0.1) is 6.61 Å². The lowest BCUT2D eigenvalue weighted by molar-refractivity contribution is -0.124. The number of hydrogen-bond donors (Lipinski definition) is 1. The second-order valence-corrected chi connectivity index (χ2v) is 4.85. The Morgan fingerprint density at radius 2 is 2.27 bits per heavy atom. The monoisotopic (exact) mass is 219 g/mol. The van der Waals surface area contributed by atoms with E-state index in [1.807, 2.05) is 6.92 Å². The van der Waals surface area contributed by atoms with E-state index in [1.54, 1.807) is 0 Å². The normalized spacial score (nSPS) is 37.7. The van der Waals surface area contributed by atoms with Crippen LogP contribution in [0, 0.1) is 11.3 Å². The number of halogens is 2. The Labute approximate surface area is 87.2 Å². The van der Waals surface area contributed by atoms with Crippen molar-refractivity contribution in [2.24, 2.45) is 11.3 Å². The van der Waals surface area contributed by atoms with Crippen molar-refractivity contribution in [2.45, 2.75) is 25.7 Å². The van der Waals surface area contributed by atoms with E-state index in [-0.39, 0.29) is 11.8 Å². The highest BCUT2D eigenvalue weighted by Gasteiger charge is 2.61. The van der Waals surface area contributed by atoms with Gasteiger partial charge < -0.3 is 10.1 Å². The van der Waals surface area contributed by atoms with Crippen LogP contribution < -0.4 is 5.32 Å². The molecule has 0 bridgehead atoms. The Hall–Kier alpha value is -0.710. The molecule has 0 radical (unpaired) electrons. The Balaban J connectivity index is 1.76. The molecule has 86 valence electrons. The molecule has 1 N–H and O–H groups in total. The molecule has 0 aromatic rings. The number of alkyl halides is 2. The predicted molar refractivity (Wildman–Crippen MR) is 49.6 cm³/mol. The van der Waals surface area contributed by atoms with E-state index in [1.165, 1.54) is 0 Å². The number of hydrogen-bond acceptors (Lipinski definition) is 2. The molecule has 2 fully saturated rings. The molecule has 15 heavy (non-hydrogen) atoms. The zero-order valence-electron chi connectivity index (χ0n) is 8.69. The molecule has 2 aliphatic rings. The van der Waals surface area contributed by atoms with E-state index in [0.29, 0.717) is 19.8 Å². The molecule has 0 aromatic heterocycles. The third-order valence-electron chi connectivity index (χ3n) is 3.13. The van der Waals surface area contributed by atoms with Crippen molar-refractivity contribution < 1.29 is 18.3 Å². The SMILES string of the molecule is CC1(CNC(=O)C2CC2(F)F)CCOC1. The summed E-state index contributed by atoms with van der Waals surface area (Å²) in [6, 6.07) is 0. The molecular weight excluding hydrogens is 204 g/mol. The van der Waals surface area contributed by atoms with Crippen molar-refractivity contribution in [3.05, 3.63) is 0 Å². The van der Waals surface area contributed by atoms with Crippen LogP contribution in [-0.2, 0) is 9.53 Å². The number of amides is 1. The fraction of sp³-hybridized carbons (Fsp3) is 0.900. The molecule has 0 aromatic carbocycles. The number of ether oxygens (including phenoxy) is 1. The molecule has 2 atom stereocenters. The van der Waals surface area contributed by atoms with Gasteiger partial charge in [-0.2, -0.15) is 0 Å². The average molecular weight is 219 g/mol. The summed E-state index contributed by atoms with van der Waals surface area (Å²) in [5, 5.41) is 2.58. The fourth-order valence-electron chi connectivity index (χ4n) is 1.77. The molecule has 2 rings (SSSR count). The molecule has 1 amide bonds. The molecular formula is C10H15F2NO2. The van der Waals surface area contributed by atoms with Gasteiger partial charge in [0.2, 0.25) is 5.91 Å². The first-order chi connectivity index (χ1) is 6.93. The lowest BCUT2D eigenvalue weighted by Crippen LogP contribution is -2.37. The van der Waals surface area contributed by atoms with Gasteiger partial charge in [-0.1, -0.05) is 6.92 Å². The number of rotatable bonds is 3. The second-order valence-electron chi connectivity index (χ2n) is 4.85. The maximum Gasteiger partial charge on any atom is 0.260 e. The summed E-state index contributed by atoms with van der Waals surface area (Å²) in [5.74, 6) is -4.38. The molecule has 2 unspecified atom stereocenters. The van der Waals surface area contributed by atoms with Crippen LogP contribution in [0.1, 0.15) is 19.8 Å². The van der Waals surface area contributed by atoms with Crippen LogP contribution >= 0.6 is 0 Å². The summed E-state index contributed by atoms with van der Waals surface area (Å²) < 4.78 is 30.3. The van der Waals surface area contributed by atoms with E-state index >= 15 is 0 Å². The highest BCUT2D eigenvalue weighted by molar-refractivity contribution is 5.82. The van der Waals surface area contributed by atoms with Crippen molar-refractivity contribution in [1.29, 1.82) is 0 Å². The van der Waals surface area contributed by atoms with E-state index in [2.05, 4.69) is 5.32 Å². The Morgan fingerprint density at radius 3 is 2.73 bits per heavy atom. The van der Waals surface area contributed by atoms with Gasteiger partial charge in [-0.15, -0.1) is 0 Å². The number of nitrogens with one attached hydrogen (secondary N) is 1. The van der Waals surface area contributed by atoms with Crippen LogP contribution in [0.5, 0.6) is 0 Å². The maximum atomic E-state index is 12.6. The highest BCUT2D eigenvalue weighted by Crippen LogP contribution is 2.48. The summed E-state index contributed by atoms with van der Waals surface area (Å²) in [6.45, 7) is 3.70. The standard InChI is InChI=1S/C10H15F2NO2/c1-9(2-3-15-6-9)5-13-8(14)7-4-10(7,11)12/h7H,2-6H2,1H3,(H,13,14). The zero-order valence-corrected chi connectivity index (χ0v) is 8.69. The average Bonchev–Trinajstić information content (AvgIpc) is 2.60. The van der Waals surface area contributed by atoms with Crippen molar-refractivity contribution >= 4 is 5.91 Å². The topological polar surface area (TPSA) is 38.3 Å². The molecule has 3 nitrogen and oxygen atoms in total. The minimum atomic E-state index is -2.77. The Morgan fingerprint density at radius 1 is 1.60 bits per heavy atom. The summed E-state index contributed by atoms with van der Waals surface area (Å²) in [5.41, 5.74) is -0.0835. The van der Waals surface area contributed by atoms with Gasteiger partial charge in [-0.25, -0.2) is 8.78 Å². The first kappa shape index (κ1) is 10.8. The lowest BCUT2D eigenvalue weighted by atomic mass is 9.90. The van der Waals surface area contributed by atoms with Gasteiger partial charge in [0, 0.05) is 25.0 Å². The Bertz CT molecular complexity index is 275. The molecule has 5 heteroatoms. The fourth-order valence-corrected chi connectivity index (χ4v) is 1.77. The molecule has 1 aliphatic carbocycles. The third-order valence-corrected chi connectivity index (χ3v) is 3.13. The molecule has 0 spiro atoms. The van der Waals surface area contributed by atoms with Gasteiger partial charge in [0.15, 0.2) is 0 Å². The van der Waals surface area contributed by atoms with Crippen LogP contribution in [0.4, 0.5) is 8.78 Å². The first-order valence-electron chi connectivity index (χ1n) is 5.16. The second kappa shape index (κ2) is 3.40. The molecule has 1 aliphatic heterocycles. The van der Waals surface area contributed by atoms with Crippen LogP contribution in [0.3, 0.4) is 0 Å². The Kier molecular flexibility index (Phi) is 2.45. The highest BCUT2D eigenvalue weighted by atomic mass is 19.3. The minimum Gasteiger partial charge on any atom is -0.381 e. The first-order valence-corrected chi connectivity index (χ1v) is 5.16. The summed E-state index contributed by atoms with van der Waals surface area (Å²) in [4.78, 5) is 11.3. The smallest absolute Gasteiger partial charge is 0.260 e. The van der Waals surface area contributed by atoms with Crippen LogP contribution in [-0.4, -0.2) is 31.6 Å². The lowest BCUT2D eigenvalue weighted by Gasteiger charge is -2.21. The number of carbonyl (C=O) groups is 1. The van der Waals surface area contributed by atoms with Gasteiger partial charge in [-0.3, -0.25) is 4.79 Å². The van der Waals surface area contributed by atoms with E-state index in [0.717, 1.165) is 6.42 Å². The molecule has 1 heterocycles. The summed E-state index contributed by atoms with van der Waals surface area (Å²) in [6.07, 6.45) is 0.570.